The summed E-state index contributed by atoms with van der Waals surface area (Å²) in [6, 6.07) is 8.52. The normalized spacial score (nSPS) is 11.6. The van der Waals surface area contributed by atoms with Crippen LogP contribution in [0.15, 0.2) is 53.1 Å². The van der Waals surface area contributed by atoms with Crippen LogP contribution in [0.1, 0.15) is 5.69 Å². The van der Waals surface area contributed by atoms with Gasteiger partial charge in [0.1, 0.15) is 11.4 Å². The Labute approximate surface area is 126 Å². The van der Waals surface area contributed by atoms with Crippen LogP contribution in [-0.4, -0.2) is 14.7 Å². The lowest BCUT2D eigenvalue weighted by atomic mass is 10.2. The highest BCUT2D eigenvalue weighted by molar-refractivity contribution is 5.54. The number of nitro groups is 1. The monoisotopic (exact) mass is 323 g/mol. The molecule has 0 unspecified atom stereocenters. The van der Waals surface area contributed by atoms with Crippen LogP contribution >= 0.6 is 0 Å². The number of benzene rings is 1. The van der Waals surface area contributed by atoms with Crippen LogP contribution in [-0.2, 0) is 6.18 Å². The first-order valence-corrected chi connectivity index (χ1v) is 6.32. The summed E-state index contributed by atoms with van der Waals surface area (Å²) in [6.45, 7) is 0. The molecular formula is C14H8F3N3O3. The van der Waals surface area contributed by atoms with Gasteiger partial charge in [-0.25, -0.2) is 4.68 Å². The van der Waals surface area contributed by atoms with E-state index >= 15 is 0 Å². The maximum Gasteiger partial charge on any atom is 0.433 e. The zero-order chi connectivity index (χ0) is 16.6. The van der Waals surface area contributed by atoms with Gasteiger partial charge in [-0.2, -0.15) is 18.3 Å². The van der Waals surface area contributed by atoms with E-state index < -0.39 is 16.8 Å². The lowest BCUT2D eigenvalue weighted by Crippen LogP contribution is -2.13. The van der Waals surface area contributed by atoms with Crippen LogP contribution in [0, 0.1) is 10.1 Å². The topological polar surface area (TPSA) is 74.1 Å². The van der Waals surface area contributed by atoms with Gasteiger partial charge in [0.25, 0.3) is 5.69 Å². The SMILES string of the molecule is O=[N+]([O-])c1ccc(-n2nc(-c3ccco3)cc2C(F)(F)F)cc1. The summed E-state index contributed by atoms with van der Waals surface area (Å²) in [5, 5.41) is 14.5. The van der Waals surface area contributed by atoms with Gasteiger partial charge in [0.15, 0.2) is 5.76 Å². The molecule has 0 aliphatic rings. The minimum atomic E-state index is -4.64. The summed E-state index contributed by atoms with van der Waals surface area (Å²) in [5.41, 5.74) is -1.15. The average Bonchev–Trinajstić information content (AvgIpc) is 3.16. The van der Waals surface area contributed by atoms with E-state index in [2.05, 4.69) is 5.10 Å². The standard InChI is InChI=1S/C14H8F3N3O3/c15-14(16,17)13-8-11(12-2-1-7-23-12)18-19(13)9-3-5-10(6-4-9)20(21)22/h1-8H. The lowest BCUT2D eigenvalue weighted by molar-refractivity contribution is -0.384. The second-order valence-corrected chi connectivity index (χ2v) is 4.58. The summed E-state index contributed by atoms with van der Waals surface area (Å²) < 4.78 is 45.3. The summed E-state index contributed by atoms with van der Waals surface area (Å²) in [5.74, 6) is 0.191. The molecule has 1 aromatic carbocycles. The molecule has 118 valence electrons. The third kappa shape index (κ3) is 2.80. The van der Waals surface area contributed by atoms with Crippen molar-refractivity contribution in [3.63, 3.8) is 0 Å². The molecule has 0 bridgehead atoms. The van der Waals surface area contributed by atoms with Gasteiger partial charge in [0, 0.05) is 18.2 Å². The number of aromatic nitrogens is 2. The van der Waals surface area contributed by atoms with E-state index in [-0.39, 0.29) is 22.8 Å². The highest BCUT2D eigenvalue weighted by Gasteiger charge is 2.36. The van der Waals surface area contributed by atoms with Crippen molar-refractivity contribution in [3.8, 4) is 17.1 Å². The molecule has 0 amide bonds. The predicted octanol–water partition coefficient (Wildman–Crippen LogP) is 4.06. The van der Waals surface area contributed by atoms with Crippen LogP contribution in [0.4, 0.5) is 18.9 Å². The molecule has 0 atom stereocenters. The predicted molar refractivity (Wildman–Crippen MR) is 72.9 cm³/mol. The van der Waals surface area contributed by atoms with Crippen molar-refractivity contribution in [2.75, 3.05) is 0 Å². The minimum absolute atomic E-state index is 0.0145. The molecule has 0 fully saturated rings. The van der Waals surface area contributed by atoms with E-state index in [1.54, 1.807) is 0 Å². The molecule has 3 rings (SSSR count). The molecule has 0 radical (unpaired) electrons. The zero-order valence-corrected chi connectivity index (χ0v) is 11.3. The van der Waals surface area contributed by atoms with Gasteiger partial charge in [-0.15, -0.1) is 0 Å². The molecule has 0 aliphatic carbocycles. The van der Waals surface area contributed by atoms with E-state index in [1.807, 2.05) is 0 Å². The molecule has 0 saturated heterocycles. The van der Waals surface area contributed by atoms with E-state index in [1.165, 1.54) is 30.5 Å². The van der Waals surface area contributed by atoms with E-state index in [9.17, 15) is 23.3 Å². The van der Waals surface area contributed by atoms with Crippen LogP contribution in [0.2, 0.25) is 0 Å². The van der Waals surface area contributed by atoms with Crippen molar-refractivity contribution in [2.24, 2.45) is 0 Å². The van der Waals surface area contributed by atoms with Crippen LogP contribution in [0.5, 0.6) is 0 Å². The number of halogens is 3. The van der Waals surface area contributed by atoms with Crippen molar-refractivity contribution in [1.29, 1.82) is 0 Å². The maximum absolute atomic E-state index is 13.2. The van der Waals surface area contributed by atoms with Crippen LogP contribution in [0.25, 0.3) is 17.1 Å². The van der Waals surface area contributed by atoms with Crippen LogP contribution in [0.3, 0.4) is 0 Å². The number of nitro benzene ring substituents is 1. The fraction of sp³-hybridized carbons (Fsp3) is 0.0714. The van der Waals surface area contributed by atoms with Gasteiger partial charge in [-0.1, -0.05) is 0 Å². The van der Waals surface area contributed by atoms with Crippen LogP contribution < -0.4 is 0 Å². The zero-order valence-electron chi connectivity index (χ0n) is 11.3. The van der Waals surface area contributed by atoms with E-state index in [0.29, 0.717) is 4.68 Å². The first-order valence-electron chi connectivity index (χ1n) is 6.32. The second kappa shape index (κ2) is 5.27. The van der Waals surface area contributed by atoms with Gasteiger partial charge in [0.05, 0.1) is 16.9 Å². The van der Waals surface area contributed by atoms with Crippen molar-refractivity contribution < 1.29 is 22.5 Å². The second-order valence-electron chi connectivity index (χ2n) is 4.58. The molecule has 6 nitrogen and oxygen atoms in total. The quantitative estimate of drug-likeness (QED) is 0.538. The lowest BCUT2D eigenvalue weighted by Gasteiger charge is -2.09. The molecule has 3 aromatic rings. The fourth-order valence-corrected chi connectivity index (χ4v) is 2.04. The minimum Gasteiger partial charge on any atom is -0.463 e. The Morgan fingerprint density at radius 2 is 1.87 bits per heavy atom. The van der Waals surface area contributed by atoms with Crippen molar-refractivity contribution in [1.82, 2.24) is 9.78 Å². The number of non-ortho nitro benzene ring substituents is 1. The molecule has 0 saturated carbocycles. The third-order valence-electron chi connectivity index (χ3n) is 3.08. The number of furan rings is 1. The number of rotatable bonds is 3. The Hall–Kier alpha value is -3.10. The first-order chi connectivity index (χ1) is 10.9. The molecule has 23 heavy (non-hydrogen) atoms. The summed E-state index contributed by atoms with van der Waals surface area (Å²) >= 11 is 0. The maximum atomic E-state index is 13.2. The Bertz CT molecular complexity index is 837. The Kier molecular flexibility index (Phi) is 3.40. The number of alkyl halides is 3. The highest BCUT2D eigenvalue weighted by atomic mass is 19.4. The fourth-order valence-electron chi connectivity index (χ4n) is 2.04. The molecule has 0 spiro atoms. The van der Waals surface area contributed by atoms with Gasteiger partial charge in [-0.05, 0) is 24.3 Å². The number of nitrogens with zero attached hydrogens (tertiary/aromatic N) is 3. The summed E-state index contributed by atoms with van der Waals surface area (Å²) in [6.07, 6.45) is -3.31. The summed E-state index contributed by atoms with van der Waals surface area (Å²) in [4.78, 5) is 9.99. The number of hydrogen-bond donors (Lipinski definition) is 0. The average molecular weight is 323 g/mol. The molecule has 9 heteroatoms. The van der Waals surface area contributed by atoms with E-state index in [0.717, 1.165) is 18.2 Å². The van der Waals surface area contributed by atoms with Crippen molar-refractivity contribution >= 4 is 5.69 Å². The van der Waals surface area contributed by atoms with Gasteiger partial charge >= 0.3 is 6.18 Å². The molecule has 0 aliphatic heterocycles. The van der Waals surface area contributed by atoms with Crippen molar-refractivity contribution in [3.05, 3.63) is 64.5 Å². The molecule has 2 heterocycles. The van der Waals surface area contributed by atoms with E-state index in [4.69, 9.17) is 4.42 Å². The van der Waals surface area contributed by atoms with Gasteiger partial charge in [-0.3, -0.25) is 10.1 Å². The molecular weight excluding hydrogens is 315 g/mol. The number of hydrogen-bond acceptors (Lipinski definition) is 4. The van der Waals surface area contributed by atoms with Gasteiger partial charge < -0.3 is 4.42 Å². The van der Waals surface area contributed by atoms with Gasteiger partial charge in [0.2, 0.25) is 0 Å². The Morgan fingerprint density at radius 1 is 1.17 bits per heavy atom. The third-order valence-corrected chi connectivity index (χ3v) is 3.08. The largest absolute Gasteiger partial charge is 0.463 e. The Balaban J connectivity index is 2.11. The first kappa shape index (κ1) is 14.8. The molecule has 2 aromatic heterocycles. The Morgan fingerprint density at radius 3 is 2.39 bits per heavy atom. The molecule has 0 N–H and O–H groups in total. The highest BCUT2D eigenvalue weighted by Crippen LogP contribution is 2.34. The summed E-state index contributed by atoms with van der Waals surface area (Å²) in [7, 11) is 0. The smallest absolute Gasteiger partial charge is 0.433 e. The van der Waals surface area contributed by atoms with Crippen molar-refractivity contribution in [2.45, 2.75) is 6.18 Å².